The number of aryl methyl sites for hydroxylation is 1. The predicted molar refractivity (Wildman–Crippen MR) is 122 cm³/mol. The molecule has 9 heteroatoms. The Bertz CT molecular complexity index is 1100. The monoisotopic (exact) mass is 542 g/mol. The third-order valence-electron chi connectivity index (χ3n) is 5.80. The summed E-state index contributed by atoms with van der Waals surface area (Å²) in [6, 6.07) is 7.36. The van der Waals surface area contributed by atoms with Crippen LogP contribution in [0.2, 0.25) is 0 Å². The molecule has 0 saturated heterocycles. The summed E-state index contributed by atoms with van der Waals surface area (Å²) in [7, 11) is 0. The molecular formula is C22H22F3IN4O. The van der Waals surface area contributed by atoms with Crippen molar-refractivity contribution in [2.24, 2.45) is 5.92 Å². The molecule has 4 rings (SSSR count). The lowest BCUT2D eigenvalue weighted by molar-refractivity contribution is -0.141. The number of hydrogen-bond donors (Lipinski definition) is 1. The van der Waals surface area contributed by atoms with Crippen molar-refractivity contribution >= 4 is 45.1 Å². The van der Waals surface area contributed by atoms with Crippen molar-refractivity contribution in [3.63, 3.8) is 0 Å². The van der Waals surface area contributed by atoms with Crippen LogP contribution in [0.4, 0.5) is 18.9 Å². The zero-order valence-corrected chi connectivity index (χ0v) is 19.1. The molecule has 1 amide bonds. The average Bonchev–Trinajstić information content (AvgIpc) is 3.16. The third-order valence-corrected chi connectivity index (χ3v) is 7.04. The van der Waals surface area contributed by atoms with Crippen LogP contribution in [-0.2, 0) is 6.18 Å². The maximum Gasteiger partial charge on any atom is 0.433 e. The second kappa shape index (κ2) is 8.76. The molecule has 5 nitrogen and oxygen atoms in total. The molecule has 164 valence electrons. The van der Waals surface area contributed by atoms with Gasteiger partial charge in [0.15, 0.2) is 0 Å². The number of carbonyl (C=O) groups is 1. The molecule has 0 radical (unpaired) electrons. The molecule has 1 saturated carbocycles. The summed E-state index contributed by atoms with van der Waals surface area (Å²) in [5.74, 6) is 0.105. The number of halogens is 4. The van der Waals surface area contributed by atoms with Crippen LogP contribution in [0, 0.1) is 12.8 Å². The molecule has 1 aromatic carbocycles. The molecule has 1 aliphatic rings. The zero-order valence-electron chi connectivity index (χ0n) is 16.9. The van der Waals surface area contributed by atoms with Crippen LogP contribution in [0.15, 0.2) is 36.5 Å². The highest BCUT2D eigenvalue weighted by molar-refractivity contribution is 14.1. The first-order chi connectivity index (χ1) is 14.7. The summed E-state index contributed by atoms with van der Waals surface area (Å²) in [5, 5.41) is 8.31. The van der Waals surface area contributed by atoms with Gasteiger partial charge in [0, 0.05) is 21.7 Å². The van der Waals surface area contributed by atoms with E-state index in [1.807, 2.05) is 29.9 Å². The fourth-order valence-electron chi connectivity index (χ4n) is 3.99. The first kappa shape index (κ1) is 22.0. The Morgan fingerprint density at radius 2 is 1.97 bits per heavy atom. The maximum absolute atomic E-state index is 12.9. The number of anilines is 1. The minimum Gasteiger partial charge on any atom is -0.320 e. The van der Waals surface area contributed by atoms with Gasteiger partial charge in [-0.15, -0.1) is 0 Å². The number of hydrogen-bond acceptors (Lipinski definition) is 3. The van der Waals surface area contributed by atoms with E-state index in [0.717, 1.165) is 41.3 Å². The minimum absolute atomic E-state index is 0.281. The van der Waals surface area contributed by atoms with E-state index in [4.69, 9.17) is 5.10 Å². The van der Waals surface area contributed by atoms with E-state index >= 15 is 0 Å². The SMILES string of the molecule is Cc1cc2nn([C@H]3CC[C@H](CI)CC3)cc2cc1NC(=O)c1cccc(C(F)(F)F)n1. The molecule has 31 heavy (non-hydrogen) atoms. The summed E-state index contributed by atoms with van der Waals surface area (Å²) < 4.78 is 41.9. The number of alkyl halides is 4. The van der Waals surface area contributed by atoms with E-state index in [-0.39, 0.29) is 5.69 Å². The van der Waals surface area contributed by atoms with Crippen LogP contribution in [0.1, 0.15) is 53.5 Å². The van der Waals surface area contributed by atoms with Crippen molar-refractivity contribution in [3.05, 3.63) is 53.5 Å². The predicted octanol–water partition coefficient (Wildman–Crippen LogP) is 6.18. The quantitative estimate of drug-likeness (QED) is 0.317. The van der Waals surface area contributed by atoms with Gasteiger partial charge in [-0.05, 0) is 68.4 Å². The highest BCUT2D eigenvalue weighted by Crippen LogP contribution is 2.34. The number of aromatic nitrogens is 3. The summed E-state index contributed by atoms with van der Waals surface area (Å²) >= 11 is 2.45. The first-order valence-electron chi connectivity index (χ1n) is 10.2. The summed E-state index contributed by atoms with van der Waals surface area (Å²) in [4.78, 5) is 16.0. The van der Waals surface area contributed by atoms with Crippen molar-refractivity contribution in [2.75, 3.05) is 9.74 Å². The lowest BCUT2D eigenvalue weighted by Gasteiger charge is -2.27. The van der Waals surface area contributed by atoms with Gasteiger partial charge in [-0.1, -0.05) is 28.7 Å². The number of amides is 1. The Labute approximate surface area is 191 Å². The molecule has 0 atom stereocenters. The van der Waals surface area contributed by atoms with Crippen molar-refractivity contribution in [2.45, 2.75) is 44.8 Å². The Morgan fingerprint density at radius 3 is 2.65 bits per heavy atom. The van der Waals surface area contributed by atoms with Gasteiger partial charge in [-0.25, -0.2) is 4.98 Å². The highest BCUT2D eigenvalue weighted by atomic mass is 127. The molecule has 3 aromatic rings. The summed E-state index contributed by atoms with van der Waals surface area (Å²) in [5.41, 5.74) is 0.781. The van der Waals surface area contributed by atoms with E-state index < -0.39 is 17.8 Å². The normalized spacial score (nSPS) is 19.5. The number of benzene rings is 1. The topological polar surface area (TPSA) is 59.8 Å². The molecule has 2 heterocycles. The number of carbonyl (C=O) groups excluding carboxylic acids is 1. The Balaban J connectivity index is 1.55. The van der Waals surface area contributed by atoms with E-state index in [1.54, 1.807) is 0 Å². The minimum atomic E-state index is -4.60. The van der Waals surface area contributed by atoms with Gasteiger partial charge in [0.25, 0.3) is 5.91 Å². The molecule has 0 unspecified atom stereocenters. The second-order valence-corrected chi connectivity index (χ2v) is 8.90. The van der Waals surface area contributed by atoms with E-state index in [9.17, 15) is 18.0 Å². The molecular weight excluding hydrogens is 520 g/mol. The molecule has 0 bridgehead atoms. The molecule has 1 N–H and O–H groups in total. The molecule has 0 spiro atoms. The van der Waals surface area contributed by atoms with Crippen LogP contribution >= 0.6 is 22.6 Å². The average molecular weight is 542 g/mol. The van der Waals surface area contributed by atoms with Crippen LogP contribution in [-0.4, -0.2) is 25.1 Å². The van der Waals surface area contributed by atoms with Crippen molar-refractivity contribution < 1.29 is 18.0 Å². The number of pyridine rings is 1. The lowest BCUT2D eigenvalue weighted by Crippen LogP contribution is -2.19. The molecule has 1 fully saturated rings. The number of rotatable bonds is 4. The highest BCUT2D eigenvalue weighted by Gasteiger charge is 2.33. The summed E-state index contributed by atoms with van der Waals surface area (Å²) in [6.07, 6.45) is 2.00. The van der Waals surface area contributed by atoms with Gasteiger partial charge in [0.2, 0.25) is 0 Å². The maximum atomic E-state index is 12.9. The number of nitrogens with one attached hydrogen (secondary N) is 1. The van der Waals surface area contributed by atoms with E-state index in [0.29, 0.717) is 11.7 Å². The van der Waals surface area contributed by atoms with Crippen molar-refractivity contribution in [1.82, 2.24) is 14.8 Å². The zero-order chi connectivity index (χ0) is 22.2. The van der Waals surface area contributed by atoms with Crippen molar-refractivity contribution in [3.8, 4) is 0 Å². The smallest absolute Gasteiger partial charge is 0.320 e. The van der Waals surface area contributed by atoms with Crippen molar-refractivity contribution in [1.29, 1.82) is 0 Å². The largest absolute Gasteiger partial charge is 0.433 e. The Hall–Kier alpha value is -2.17. The molecule has 0 aliphatic heterocycles. The second-order valence-electron chi connectivity index (χ2n) is 8.02. The van der Waals surface area contributed by atoms with Gasteiger partial charge in [-0.2, -0.15) is 18.3 Å². The van der Waals surface area contributed by atoms with Crippen LogP contribution in [0.25, 0.3) is 10.9 Å². The number of nitrogens with zero attached hydrogens (tertiary/aromatic N) is 3. The van der Waals surface area contributed by atoms with Crippen LogP contribution in [0.5, 0.6) is 0 Å². The number of fused-ring (bicyclic) bond motifs is 1. The Kier molecular flexibility index (Phi) is 6.23. The Morgan fingerprint density at radius 1 is 1.23 bits per heavy atom. The fourth-order valence-corrected chi connectivity index (χ4v) is 4.87. The fraction of sp³-hybridized carbons (Fsp3) is 0.409. The lowest BCUT2D eigenvalue weighted by atomic mass is 9.87. The summed E-state index contributed by atoms with van der Waals surface area (Å²) in [6.45, 7) is 1.83. The van der Waals surface area contributed by atoms with E-state index in [1.165, 1.54) is 29.4 Å². The van der Waals surface area contributed by atoms with Crippen LogP contribution < -0.4 is 5.32 Å². The van der Waals surface area contributed by atoms with Gasteiger partial charge >= 0.3 is 6.18 Å². The first-order valence-corrected chi connectivity index (χ1v) is 11.7. The van der Waals surface area contributed by atoms with Gasteiger partial charge in [-0.3, -0.25) is 9.48 Å². The van der Waals surface area contributed by atoms with Gasteiger partial charge in [0.1, 0.15) is 11.4 Å². The third kappa shape index (κ3) is 4.86. The van der Waals surface area contributed by atoms with E-state index in [2.05, 4.69) is 32.9 Å². The van der Waals surface area contributed by atoms with Crippen LogP contribution in [0.3, 0.4) is 0 Å². The molecule has 1 aliphatic carbocycles. The van der Waals surface area contributed by atoms with Gasteiger partial charge in [0.05, 0.1) is 11.6 Å². The standard InChI is InChI=1S/C22H22F3IN4O/c1-13-9-19-15(12-30(29-19)16-7-5-14(11-26)6-8-16)10-18(13)28-21(31)17-3-2-4-20(27-17)22(23,24)25/h2-4,9-10,12,14,16H,5-8,11H2,1H3,(H,28,31)/t14-,16-. The molecule has 2 aromatic heterocycles. The van der Waals surface area contributed by atoms with Gasteiger partial charge < -0.3 is 5.32 Å².